The number of hydrogen-bond acceptors (Lipinski definition) is 3. The van der Waals surface area contributed by atoms with Crippen LogP contribution in [0.2, 0.25) is 0 Å². The van der Waals surface area contributed by atoms with Crippen LogP contribution in [-0.2, 0) is 9.47 Å². The Bertz CT molecular complexity index is 373. The lowest BCUT2D eigenvalue weighted by molar-refractivity contribution is 0.0301. The minimum atomic E-state index is -0.442. The fourth-order valence-corrected chi connectivity index (χ4v) is 4.80. The van der Waals surface area contributed by atoms with Crippen LogP contribution in [0.4, 0.5) is 4.79 Å². The van der Waals surface area contributed by atoms with Gasteiger partial charge in [-0.1, -0.05) is 143 Å². The summed E-state index contributed by atoms with van der Waals surface area (Å²) < 4.78 is 11.2. The summed E-state index contributed by atoms with van der Waals surface area (Å²) in [6.45, 7) is 10.1. The summed E-state index contributed by atoms with van der Waals surface area (Å²) in [5.74, 6) is 0.985. The average molecular weight is 483 g/mol. The van der Waals surface area contributed by atoms with Crippen LogP contribution in [0, 0.1) is 11.8 Å². The van der Waals surface area contributed by atoms with Gasteiger partial charge in [0.2, 0.25) is 0 Å². The molecule has 0 heterocycles. The van der Waals surface area contributed by atoms with Gasteiger partial charge in [-0.05, 0) is 37.5 Å². The molecule has 0 rings (SSSR count). The first-order chi connectivity index (χ1) is 16.7. The van der Waals surface area contributed by atoms with Crippen molar-refractivity contribution in [1.29, 1.82) is 0 Å². The lowest BCUT2D eigenvalue weighted by Gasteiger charge is -2.19. The van der Waals surface area contributed by atoms with E-state index in [2.05, 4.69) is 27.7 Å². The van der Waals surface area contributed by atoms with Gasteiger partial charge in [-0.3, -0.25) is 0 Å². The molecule has 0 radical (unpaired) electrons. The zero-order valence-electron chi connectivity index (χ0n) is 23.9. The summed E-state index contributed by atoms with van der Waals surface area (Å²) in [4.78, 5) is 12.3. The fraction of sp³-hybridized carbons (Fsp3) is 0.968. The van der Waals surface area contributed by atoms with Gasteiger partial charge in [-0.25, -0.2) is 4.79 Å². The first-order valence-corrected chi connectivity index (χ1v) is 15.5. The summed E-state index contributed by atoms with van der Waals surface area (Å²) in [6, 6.07) is 0. The second-order valence-electron chi connectivity index (χ2n) is 10.7. The van der Waals surface area contributed by atoms with Crippen LogP contribution in [0.1, 0.15) is 169 Å². The van der Waals surface area contributed by atoms with Gasteiger partial charge < -0.3 is 9.47 Å². The largest absolute Gasteiger partial charge is 0.508 e. The summed E-state index contributed by atoms with van der Waals surface area (Å²) in [6.07, 6.45) is 27.8. The highest BCUT2D eigenvalue weighted by Gasteiger charge is 2.15. The minimum Gasteiger partial charge on any atom is -0.434 e. The van der Waals surface area contributed by atoms with Crippen molar-refractivity contribution in [1.82, 2.24) is 0 Å². The molecule has 0 aliphatic carbocycles. The molecule has 0 spiro atoms. The molecule has 0 aromatic heterocycles. The maximum absolute atomic E-state index is 12.3. The maximum atomic E-state index is 12.3. The van der Waals surface area contributed by atoms with E-state index in [0.29, 0.717) is 25.0 Å². The Hall–Kier alpha value is -0.730. The highest BCUT2D eigenvalue weighted by atomic mass is 16.7. The predicted molar refractivity (Wildman–Crippen MR) is 149 cm³/mol. The Labute approximate surface area is 214 Å². The number of rotatable bonds is 26. The Balaban J connectivity index is 4.14. The number of unbranched alkanes of at least 4 members (excludes halogenated alkanes) is 14. The molecule has 2 atom stereocenters. The van der Waals surface area contributed by atoms with E-state index in [0.717, 1.165) is 12.8 Å². The third kappa shape index (κ3) is 23.0. The van der Waals surface area contributed by atoms with Crippen LogP contribution in [0.3, 0.4) is 0 Å². The quantitative estimate of drug-likeness (QED) is 0.0908. The highest BCUT2D eigenvalue weighted by Crippen LogP contribution is 2.21. The molecule has 0 aromatic carbocycles. The molecular weight excluding hydrogens is 420 g/mol. The van der Waals surface area contributed by atoms with E-state index < -0.39 is 6.16 Å². The summed E-state index contributed by atoms with van der Waals surface area (Å²) in [5, 5.41) is 0. The zero-order chi connectivity index (χ0) is 25.1. The topological polar surface area (TPSA) is 35.5 Å². The smallest absolute Gasteiger partial charge is 0.434 e. The average Bonchev–Trinajstić information content (AvgIpc) is 2.85. The monoisotopic (exact) mass is 482 g/mol. The van der Waals surface area contributed by atoms with Crippen LogP contribution < -0.4 is 0 Å². The van der Waals surface area contributed by atoms with Crippen molar-refractivity contribution in [3.63, 3.8) is 0 Å². The normalized spacial score (nSPS) is 13.1. The van der Waals surface area contributed by atoms with E-state index in [1.54, 1.807) is 0 Å². The molecule has 0 N–H and O–H groups in total. The molecule has 3 nitrogen and oxygen atoms in total. The molecule has 0 amide bonds. The first-order valence-electron chi connectivity index (χ1n) is 15.5. The van der Waals surface area contributed by atoms with Crippen LogP contribution in [0.5, 0.6) is 0 Å². The van der Waals surface area contributed by atoms with Crippen LogP contribution in [-0.4, -0.2) is 19.4 Å². The van der Waals surface area contributed by atoms with Crippen molar-refractivity contribution in [2.24, 2.45) is 11.8 Å². The Morgan fingerprint density at radius 2 is 0.735 bits per heavy atom. The predicted octanol–water partition coefficient (Wildman–Crippen LogP) is 11.0. The molecule has 0 aromatic rings. The van der Waals surface area contributed by atoms with Crippen LogP contribution in [0.25, 0.3) is 0 Å². The van der Waals surface area contributed by atoms with Gasteiger partial charge in [0.05, 0.1) is 13.2 Å². The van der Waals surface area contributed by atoms with Crippen molar-refractivity contribution in [3.8, 4) is 0 Å². The minimum absolute atomic E-state index is 0.442. The maximum Gasteiger partial charge on any atom is 0.508 e. The van der Waals surface area contributed by atoms with Gasteiger partial charge in [-0.2, -0.15) is 0 Å². The van der Waals surface area contributed by atoms with E-state index in [-0.39, 0.29) is 0 Å². The number of ether oxygens (including phenoxy) is 2. The van der Waals surface area contributed by atoms with E-state index in [1.165, 1.54) is 128 Å². The van der Waals surface area contributed by atoms with Gasteiger partial charge in [0.1, 0.15) is 0 Å². The Kier molecular flexibility index (Phi) is 26.3. The molecule has 0 bridgehead atoms. The van der Waals surface area contributed by atoms with Crippen LogP contribution in [0.15, 0.2) is 0 Å². The van der Waals surface area contributed by atoms with Crippen molar-refractivity contribution in [2.45, 2.75) is 169 Å². The second-order valence-corrected chi connectivity index (χ2v) is 10.7. The lowest BCUT2D eigenvalue weighted by Crippen LogP contribution is -2.19. The number of hydrogen-bond donors (Lipinski definition) is 0. The highest BCUT2D eigenvalue weighted by molar-refractivity contribution is 5.59. The van der Waals surface area contributed by atoms with E-state index in [1.807, 2.05) is 0 Å². The molecule has 34 heavy (non-hydrogen) atoms. The SMILES string of the molecule is CCCCCCCCCC(CCCC)COC(=O)OCC(CCCC)CCCCCCCCC. The van der Waals surface area contributed by atoms with E-state index >= 15 is 0 Å². The Morgan fingerprint density at radius 3 is 1.09 bits per heavy atom. The molecule has 0 aliphatic heterocycles. The number of carbonyl (C=O) groups is 1. The van der Waals surface area contributed by atoms with Crippen molar-refractivity contribution in [3.05, 3.63) is 0 Å². The molecule has 3 heteroatoms. The van der Waals surface area contributed by atoms with Gasteiger partial charge in [-0.15, -0.1) is 0 Å². The summed E-state index contributed by atoms with van der Waals surface area (Å²) in [5.41, 5.74) is 0. The second kappa shape index (κ2) is 26.9. The van der Waals surface area contributed by atoms with Gasteiger partial charge in [0, 0.05) is 0 Å². The molecule has 0 saturated heterocycles. The standard InChI is InChI=1S/C31H62O3/c1-5-9-13-15-17-19-21-25-29(23-11-7-3)27-33-31(32)34-28-30(24-12-8-4)26-22-20-18-16-14-10-6-2/h29-30H,5-28H2,1-4H3. The first kappa shape index (κ1) is 33.3. The van der Waals surface area contributed by atoms with Gasteiger partial charge >= 0.3 is 6.16 Å². The van der Waals surface area contributed by atoms with Gasteiger partial charge in [0.15, 0.2) is 0 Å². The van der Waals surface area contributed by atoms with Gasteiger partial charge in [0.25, 0.3) is 0 Å². The van der Waals surface area contributed by atoms with Crippen molar-refractivity contribution < 1.29 is 14.3 Å². The Morgan fingerprint density at radius 1 is 0.441 bits per heavy atom. The molecule has 0 fully saturated rings. The molecule has 204 valence electrons. The summed E-state index contributed by atoms with van der Waals surface area (Å²) >= 11 is 0. The van der Waals surface area contributed by atoms with E-state index in [4.69, 9.17) is 9.47 Å². The van der Waals surface area contributed by atoms with E-state index in [9.17, 15) is 4.79 Å². The molecular formula is C31H62O3. The third-order valence-electron chi connectivity index (χ3n) is 7.24. The summed E-state index contributed by atoms with van der Waals surface area (Å²) in [7, 11) is 0. The van der Waals surface area contributed by atoms with Crippen molar-refractivity contribution in [2.75, 3.05) is 13.2 Å². The lowest BCUT2D eigenvalue weighted by atomic mass is 9.95. The zero-order valence-corrected chi connectivity index (χ0v) is 23.9. The van der Waals surface area contributed by atoms with Crippen LogP contribution >= 0.6 is 0 Å². The third-order valence-corrected chi connectivity index (χ3v) is 7.24. The number of carbonyl (C=O) groups excluding carboxylic acids is 1. The molecule has 0 saturated carbocycles. The molecule has 0 aliphatic rings. The van der Waals surface area contributed by atoms with Crippen molar-refractivity contribution >= 4 is 6.16 Å². The molecule has 2 unspecified atom stereocenters. The fourth-order valence-electron chi connectivity index (χ4n) is 4.80.